The van der Waals surface area contributed by atoms with Crippen molar-refractivity contribution in [3.63, 3.8) is 0 Å². The number of ether oxygens (including phenoxy) is 2. The van der Waals surface area contributed by atoms with Crippen LogP contribution < -0.4 is 5.73 Å². The van der Waals surface area contributed by atoms with Crippen LogP contribution in [0.4, 0.5) is 0 Å². The average molecular weight is 205 g/mol. The lowest BCUT2D eigenvalue weighted by molar-refractivity contribution is -0.144. The van der Waals surface area contributed by atoms with Gasteiger partial charge in [0, 0.05) is 0 Å². The standard InChI is InChI=1S/C8H15NO3S/c1-4-5-8(9,6(10)11-2)7(13)12-3/h4-5,9H2,1-3H3. The second-order valence-corrected chi connectivity index (χ2v) is 3.08. The van der Waals surface area contributed by atoms with Crippen LogP contribution in [0.15, 0.2) is 0 Å². The fourth-order valence-electron chi connectivity index (χ4n) is 1.05. The van der Waals surface area contributed by atoms with Crippen LogP contribution in [0.3, 0.4) is 0 Å². The zero-order valence-electron chi connectivity index (χ0n) is 8.12. The number of thiocarbonyl (C=S) groups is 1. The van der Waals surface area contributed by atoms with Crippen molar-refractivity contribution in [2.45, 2.75) is 25.3 Å². The van der Waals surface area contributed by atoms with E-state index in [9.17, 15) is 4.79 Å². The van der Waals surface area contributed by atoms with Crippen LogP contribution in [-0.4, -0.2) is 30.8 Å². The molecule has 0 amide bonds. The third-order valence-corrected chi connectivity index (χ3v) is 2.27. The number of carbonyl (C=O) groups excluding carboxylic acids is 1. The third-order valence-electron chi connectivity index (χ3n) is 1.74. The van der Waals surface area contributed by atoms with Gasteiger partial charge in [0.2, 0.25) is 0 Å². The second-order valence-electron chi connectivity index (χ2n) is 2.70. The number of carbonyl (C=O) groups is 1. The summed E-state index contributed by atoms with van der Waals surface area (Å²) in [4.78, 5) is 11.3. The van der Waals surface area contributed by atoms with E-state index in [0.717, 1.165) is 6.42 Å². The molecule has 5 heteroatoms. The van der Waals surface area contributed by atoms with Crippen LogP contribution in [0.25, 0.3) is 0 Å². The molecule has 0 bridgehead atoms. The SMILES string of the molecule is CCCC(N)(C(=O)OC)C(=S)OC. The minimum Gasteiger partial charge on any atom is -0.488 e. The lowest BCUT2D eigenvalue weighted by Crippen LogP contribution is -2.55. The van der Waals surface area contributed by atoms with Gasteiger partial charge in [-0.25, -0.2) is 4.79 Å². The van der Waals surface area contributed by atoms with E-state index in [0.29, 0.717) is 6.42 Å². The van der Waals surface area contributed by atoms with Gasteiger partial charge >= 0.3 is 5.97 Å². The van der Waals surface area contributed by atoms with Crippen molar-refractivity contribution < 1.29 is 14.3 Å². The summed E-state index contributed by atoms with van der Waals surface area (Å²) in [5.74, 6) is -0.554. The summed E-state index contributed by atoms with van der Waals surface area (Å²) in [6.07, 6.45) is 1.15. The molecule has 0 saturated carbocycles. The maximum absolute atomic E-state index is 11.3. The topological polar surface area (TPSA) is 61.6 Å². The quantitative estimate of drug-likeness (QED) is 0.539. The van der Waals surface area contributed by atoms with E-state index in [-0.39, 0.29) is 5.05 Å². The summed E-state index contributed by atoms with van der Waals surface area (Å²) < 4.78 is 9.36. The van der Waals surface area contributed by atoms with Gasteiger partial charge < -0.3 is 15.2 Å². The van der Waals surface area contributed by atoms with E-state index < -0.39 is 11.5 Å². The first-order chi connectivity index (χ1) is 6.02. The van der Waals surface area contributed by atoms with Crippen LogP contribution in [0.1, 0.15) is 19.8 Å². The smallest absolute Gasteiger partial charge is 0.334 e. The molecular weight excluding hydrogens is 190 g/mol. The maximum Gasteiger partial charge on any atom is 0.334 e. The molecule has 1 atom stereocenters. The molecule has 0 saturated heterocycles. The Hall–Kier alpha value is -0.680. The molecule has 0 aliphatic heterocycles. The van der Waals surface area contributed by atoms with Crippen molar-refractivity contribution >= 4 is 23.2 Å². The van der Waals surface area contributed by atoms with Crippen LogP contribution >= 0.6 is 12.2 Å². The first kappa shape index (κ1) is 12.3. The van der Waals surface area contributed by atoms with Crippen molar-refractivity contribution in [3.05, 3.63) is 0 Å². The lowest BCUT2D eigenvalue weighted by atomic mass is 9.96. The minimum absolute atomic E-state index is 0.0706. The van der Waals surface area contributed by atoms with Gasteiger partial charge in [0.1, 0.15) is 0 Å². The molecule has 2 N–H and O–H groups in total. The maximum atomic E-state index is 11.3. The van der Waals surface area contributed by atoms with Crippen molar-refractivity contribution in [1.82, 2.24) is 0 Å². The van der Waals surface area contributed by atoms with Gasteiger partial charge in [-0.2, -0.15) is 0 Å². The Morgan fingerprint density at radius 3 is 2.31 bits per heavy atom. The third kappa shape index (κ3) is 2.63. The summed E-state index contributed by atoms with van der Waals surface area (Å²) in [6.45, 7) is 1.91. The lowest BCUT2D eigenvalue weighted by Gasteiger charge is -2.25. The van der Waals surface area contributed by atoms with Gasteiger partial charge in [-0.1, -0.05) is 13.3 Å². The Morgan fingerprint density at radius 2 is 2.00 bits per heavy atom. The molecule has 1 unspecified atom stereocenters. The van der Waals surface area contributed by atoms with Gasteiger partial charge in [-0.15, -0.1) is 0 Å². The largest absolute Gasteiger partial charge is 0.488 e. The summed E-state index contributed by atoms with van der Waals surface area (Å²) in [7, 11) is 2.67. The number of esters is 1. The van der Waals surface area contributed by atoms with Crippen molar-refractivity contribution in [2.24, 2.45) is 5.73 Å². The average Bonchev–Trinajstić information content (AvgIpc) is 2.15. The van der Waals surface area contributed by atoms with E-state index in [1.54, 1.807) is 0 Å². The Morgan fingerprint density at radius 1 is 1.46 bits per heavy atom. The summed E-state index contributed by atoms with van der Waals surface area (Å²) >= 11 is 4.85. The molecule has 0 rings (SSSR count). The molecule has 4 nitrogen and oxygen atoms in total. The molecule has 0 aliphatic carbocycles. The zero-order chi connectivity index (χ0) is 10.5. The Balaban J connectivity index is 4.71. The van der Waals surface area contributed by atoms with Crippen LogP contribution in [0.5, 0.6) is 0 Å². The summed E-state index contributed by atoms with van der Waals surface area (Å²) in [5.41, 5.74) is 4.49. The predicted molar refractivity (Wildman–Crippen MR) is 53.4 cm³/mol. The normalized spacial score (nSPS) is 14.5. The van der Waals surface area contributed by atoms with Crippen molar-refractivity contribution in [1.29, 1.82) is 0 Å². The van der Waals surface area contributed by atoms with Crippen molar-refractivity contribution in [2.75, 3.05) is 14.2 Å². The highest BCUT2D eigenvalue weighted by Crippen LogP contribution is 2.14. The zero-order valence-corrected chi connectivity index (χ0v) is 8.94. The first-order valence-electron chi connectivity index (χ1n) is 3.98. The van der Waals surface area contributed by atoms with Gasteiger partial charge in [-0.3, -0.25) is 0 Å². The minimum atomic E-state index is -1.28. The van der Waals surface area contributed by atoms with Gasteiger partial charge in [0.15, 0.2) is 10.6 Å². The van der Waals surface area contributed by atoms with Crippen LogP contribution in [-0.2, 0) is 14.3 Å². The van der Waals surface area contributed by atoms with E-state index in [4.69, 9.17) is 22.7 Å². The van der Waals surface area contributed by atoms with Crippen molar-refractivity contribution in [3.8, 4) is 0 Å². The Labute approximate surface area is 83.4 Å². The molecule has 0 fully saturated rings. The Bertz CT molecular complexity index is 190. The molecule has 0 heterocycles. The summed E-state index contributed by atoms with van der Waals surface area (Å²) in [6, 6.07) is 0. The molecule has 0 aromatic carbocycles. The number of nitrogens with two attached hydrogens (primary N) is 1. The molecule has 0 radical (unpaired) electrons. The molecule has 76 valence electrons. The van der Waals surface area contributed by atoms with E-state index in [1.807, 2.05) is 6.92 Å². The molecule has 13 heavy (non-hydrogen) atoms. The van der Waals surface area contributed by atoms with Crippen LogP contribution in [0.2, 0.25) is 0 Å². The number of rotatable bonds is 4. The number of hydrogen-bond acceptors (Lipinski definition) is 5. The fourth-order valence-corrected chi connectivity index (χ4v) is 1.23. The highest BCUT2D eigenvalue weighted by Gasteiger charge is 2.40. The second kappa shape index (κ2) is 5.14. The van der Waals surface area contributed by atoms with Crippen LogP contribution in [0, 0.1) is 0 Å². The molecule has 0 aliphatic rings. The predicted octanol–water partition coefficient (Wildman–Crippen LogP) is 0.631. The van der Waals surface area contributed by atoms with Gasteiger partial charge in [0.25, 0.3) is 0 Å². The number of methoxy groups -OCH3 is 2. The fraction of sp³-hybridized carbons (Fsp3) is 0.750. The molecule has 0 aromatic rings. The number of hydrogen-bond donors (Lipinski definition) is 1. The highest BCUT2D eigenvalue weighted by molar-refractivity contribution is 7.80. The van der Waals surface area contributed by atoms with E-state index in [2.05, 4.69) is 4.74 Å². The molecule has 0 spiro atoms. The summed E-state index contributed by atoms with van der Waals surface area (Å²) in [5, 5.41) is 0.0706. The van der Waals surface area contributed by atoms with E-state index in [1.165, 1.54) is 14.2 Å². The van der Waals surface area contributed by atoms with Gasteiger partial charge in [0.05, 0.1) is 14.2 Å². The highest BCUT2D eigenvalue weighted by atomic mass is 32.1. The van der Waals surface area contributed by atoms with E-state index >= 15 is 0 Å². The molecule has 0 aromatic heterocycles. The first-order valence-corrected chi connectivity index (χ1v) is 4.39. The Kier molecular flexibility index (Phi) is 4.87. The monoisotopic (exact) mass is 205 g/mol. The molecular formula is C8H15NO3S. The van der Waals surface area contributed by atoms with Gasteiger partial charge in [-0.05, 0) is 18.6 Å².